The molecule has 0 aromatic heterocycles. The predicted octanol–water partition coefficient (Wildman–Crippen LogP) is 2.55. The van der Waals surface area contributed by atoms with E-state index in [2.05, 4.69) is 40.4 Å². The van der Waals surface area contributed by atoms with Crippen LogP contribution >= 0.6 is 0 Å². The van der Waals surface area contributed by atoms with Crippen molar-refractivity contribution in [1.82, 2.24) is 36.4 Å². The summed E-state index contributed by atoms with van der Waals surface area (Å²) in [4.78, 5) is 88.5. The van der Waals surface area contributed by atoms with Gasteiger partial charge in [-0.2, -0.15) is 0 Å². The fraction of sp³-hybridized carbons (Fsp3) is 0.739. The van der Waals surface area contributed by atoms with Crippen LogP contribution in [0, 0.1) is 23.7 Å². The number of carbonyl (C=O) groups is 6. The number of likely N-dealkylation sites (N-methyl/N-ethyl adjacent to an activating group) is 2. The van der Waals surface area contributed by atoms with Crippen molar-refractivity contribution >= 4 is 35.5 Å². The quantitative estimate of drug-likeness (QED) is 0.150. The molecule has 1 aromatic carbocycles. The summed E-state index contributed by atoms with van der Waals surface area (Å²) in [5, 5.41) is 26.9. The van der Waals surface area contributed by atoms with E-state index in [9.17, 15) is 33.9 Å². The molecule has 350 valence electrons. The molecule has 5 amide bonds. The molecule has 2 saturated heterocycles. The van der Waals surface area contributed by atoms with E-state index in [0.29, 0.717) is 37.5 Å². The molecule has 2 fully saturated rings. The Bertz CT molecular complexity index is 1640. The molecule has 2 aliphatic heterocycles. The van der Waals surface area contributed by atoms with E-state index in [1.165, 1.54) is 16.8 Å². The van der Waals surface area contributed by atoms with Crippen LogP contribution in [0.1, 0.15) is 106 Å². The largest absolute Gasteiger partial charge is 0.497 e. The molecule has 10 atom stereocenters. The predicted molar refractivity (Wildman–Crippen MR) is 238 cm³/mol. The molecule has 62 heavy (non-hydrogen) atoms. The van der Waals surface area contributed by atoms with Crippen molar-refractivity contribution < 1.29 is 43.3 Å². The minimum absolute atomic E-state index is 0.0172. The number of rotatable bonds is 14. The van der Waals surface area contributed by atoms with E-state index in [-0.39, 0.29) is 37.3 Å². The molecule has 0 radical (unpaired) electrons. The Labute approximate surface area is 369 Å². The summed E-state index contributed by atoms with van der Waals surface area (Å²) in [7, 11) is 4.91. The van der Waals surface area contributed by atoms with Crippen LogP contribution in [0.3, 0.4) is 0 Å². The number of hydrogen-bond acceptors (Lipinski definition) is 11. The summed E-state index contributed by atoms with van der Waals surface area (Å²) in [6.45, 7) is 17.6. The Morgan fingerprint density at radius 3 is 2.15 bits per heavy atom. The summed E-state index contributed by atoms with van der Waals surface area (Å²) in [5.74, 6) is -3.11. The molecule has 1 aromatic rings. The molecule has 2 aliphatic rings. The summed E-state index contributed by atoms with van der Waals surface area (Å²) in [6.07, 6.45) is -0.287. The van der Waals surface area contributed by atoms with Crippen LogP contribution < -0.4 is 31.3 Å². The highest BCUT2D eigenvalue weighted by molar-refractivity contribution is 5.95. The maximum Gasteiger partial charge on any atom is 0.329 e. The number of benzene rings is 1. The number of cyclic esters (lactones) is 1. The van der Waals surface area contributed by atoms with Gasteiger partial charge in [-0.15, -0.1) is 0 Å². The molecular weight excluding hydrogens is 795 g/mol. The highest BCUT2D eigenvalue weighted by Gasteiger charge is 2.43. The zero-order valence-corrected chi connectivity index (χ0v) is 39.3. The van der Waals surface area contributed by atoms with Gasteiger partial charge in [0, 0.05) is 32.6 Å². The number of ether oxygens (including phenoxy) is 2. The lowest BCUT2D eigenvalue weighted by Crippen LogP contribution is -2.59. The monoisotopic (exact) mass is 872 g/mol. The van der Waals surface area contributed by atoms with Crippen LogP contribution in [0.5, 0.6) is 5.75 Å². The Hall–Kier alpha value is -4.28. The first kappa shape index (κ1) is 52.1. The number of aliphatic hydroxyl groups excluding tert-OH is 1. The van der Waals surface area contributed by atoms with Gasteiger partial charge in [0.15, 0.2) is 0 Å². The van der Waals surface area contributed by atoms with Gasteiger partial charge < -0.3 is 51.0 Å². The van der Waals surface area contributed by atoms with Crippen molar-refractivity contribution in [2.45, 2.75) is 162 Å². The SMILES string of the molecule is CC[C@H](C)[C@H]1NC(=O)[C@@H](NC[C@@H](CC(C)C)NC)[C@@H](C)OC(=O)[C@H](Cc2ccc(OC)cc2)N(C)C(=O)[C@@H]2CCCN2C(=O)[C@H](CC(C)C)NC(=O)[C@H](C(C)C)NC(=O)C[C@@H]1O. The average Bonchev–Trinajstić information content (AvgIpc) is 3.71. The smallest absolute Gasteiger partial charge is 0.329 e. The summed E-state index contributed by atoms with van der Waals surface area (Å²) >= 11 is 0. The van der Waals surface area contributed by atoms with Crippen LogP contribution in [-0.4, -0.2) is 139 Å². The highest BCUT2D eigenvalue weighted by atomic mass is 16.5. The van der Waals surface area contributed by atoms with E-state index in [0.717, 1.165) is 12.0 Å². The van der Waals surface area contributed by atoms with Gasteiger partial charge in [-0.3, -0.25) is 24.0 Å². The van der Waals surface area contributed by atoms with Crippen molar-refractivity contribution in [2.24, 2.45) is 23.7 Å². The van der Waals surface area contributed by atoms with E-state index in [1.807, 2.05) is 34.7 Å². The van der Waals surface area contributed by atoms with Crippen molar-refractivity contribution in [3.8, 4) is 5.75 Å². The Kier molecular flexibility index (Phi) is 20.6. The van der Waals surface area contributed by atoms with Gasteiger partial charge in [0.2, 0.25) is 29.5 Å². The third-order valence-corrected chi connectivity index (χ3v) is 12.3. The van der Waals surface area contributed by atoms with Crippen LogP contribution in [0.2, 0.25) is 0 Å². The topological polar surface area (TPSA) is 208 Å². The molecule has 0 unspecified atom stereocenters. The lowest BCUT2D eigenvalue weighted by atomic mass is 9.91. The molecule has 2 heterocycles. The number of esters is 1. The van der Waals surface area contributed by atoms with Crippen LogP contribution in [0.25, 0.3) is 0 Å². The summed E-state index contributed by atoms with van der Waals surface area (Å²) in [6, 6.07) is 0.939. The number of hydrogen-bond donors (Lipinski definition) is 6. The number of amides is 5. The molecule has 0 saturated carbocycles. The van der Waals surface area contributed by atoms with Gasteiger partial charge in [0.1, 0.15) is 42.1 Å². The van der Waals surface area contributed by atoms with Gasteiger partial charge in [-0.25, -0.2) is 4.79 Å². The molecule has 16 heteroatoms. The van der Waals surface area contributed by atoms with Crippen molar-refractivity contribution in [3.05, 3.63) is 29.8 Å². The lowest BCUT2D eigenvalue weighted by Gasteiger charge is -2.35. The maximum atomic E-state index is 14.6. The zero-order valence-electron chi connectivity index (χ0n) is 39.3. The van der Waals surface area contributed by atoms with Gasteiger partial charge >= 0.3 is 5.97 Å². The van der Waals surface area contributed by atoms with E-state index >= 15 is 0 Å². The third-order valence-electron chi connectivity index (χ3n) is 12.3. The molecule has 3 rings (SSSR count). The fourth-order valence-corrected chi connectivity index (χ4v) is 8.35. The number of methoxy groups -OCH3 is 1. The van der Waals surface area contributed by atoms with Crippen LogP contribution in [-0.2, 0) is 39.9 Å². The average molecular weight is 872 g/mol. The Morgan fingerprint density at radius 1 is 0.919 bits per heavy atom. The molecule has 16 nitrogen and oxygen atoms in total. The number of nitrogens with zero attached hydrogens (tertiary/aromatic N) is 2. The fourth-order valence-electron chi connectivity index (χ4n) is 8.35. The van der Waals surface area contributed by atoms with E-state index < -0.39 is 96.3 Å². The highest BCUT2D eigenvalue weighted by Crippen LogP contribution is 2.25. The number of carbonyl (C=O) groups excluding carboxylic acids is 6. The number of fused-ring (bicyclic) bond motifs is 1. The standard InChI is InChI=1S/C46H77N7O9/c1-13-29(8)40-37(54)24-38(55)50-39(28(6)7)42(56)49-34(22-27(4)5)44(58)53-20-14-15-35(53)45(59)52(11)36(23-31-16-18-33(61-12)19-17-31)46(60)62-30(9)41(43(57)51-40)48-25-32(47-10)21-26(2)3/h16-19,26-30,32,34-37,39-41,47-48,54H,13-15,20-25H2,1-12H3,(H,49,56)(H,50,55)(H,51,57)/t29-,30+,32+,34-,35-,36-,37-,39-,40+,41-/m0/s1. The normalized spacial score (nSPS) is 27.6. The van der Waals surface area contributed by atoms with Gasteiger partial charge in [-0.05, 0) is 81.0 Å². The number of nitrogens with one attached hydrogen (secondary N) is 5. The van der Waals surface area contributed by atoms with E-state index in [1.54, 1.807) is 52.1 Å². The molecule has 0 spiro atoms. The van der Waals surface area contributed by atoms with Gasteiger partial charge in [0.05, 0.1) is 25.7 Å². The first-order valence-electron chi connectivity index (χ1n) is 22.6. The van der Waals surface area contributed by atoms with Crippen LogP contribution in [0.4, 0.5) is 0 Å². The van der Waals surface area contributed by atoms with Gasteiger partial charge in [0.25, 0.3) is 0 Å². The summed E-state index contributed by atoms with van der Waals surface area (Å²) < 4.78 is 11.5. The van der Waals surface area contributed by atoms with E-state index in [4.69, 9.17) is 9.47 Å². The molecular formula is C46H77N7O9. The minimum Gasteiger partial charge on any atom is -0.497 e. The maximum absolute atomic E-state index is 14.6. The minimum atomic E-state index is -1.35. The Balaban J connectivity index is 2.18. The van der Waals surface area contributed by atoms with Crippen LogP contribution in [0.15, 0.2) is 24.3 Å². The second-order valence-corrected chi connectivity index (χ2v) is 18.5. The Morgan fingerprint density at radius 2 is 1.58 bits per heavy atom. The second-order valence-electron chi connectivity index (χ2n) is 18.5. The van der Waals surface area contributed by atoms with Crippen molar-refractivity contribution in [1.29, 1.82) is 0 Å². The lowest BCUT2D eigenvalue weighted by molar-refractivity contribution is -0.162. The molecule has 0 bridgehead atoms. The van der Waals surface area contributed by atoms with Crippen molar-refractivity contribution in [3.63, 3.8) is 0 Å². The van der Waals surface area contributed by atoms with Gasteiger partial charge in [-0.1, -0.05) is 73.9 Å². The molecule has 0 aliphatic carbocycles. The second kappa shape index (κ2) is 24.5. The zero-order chi connectivity index (χ0) is 46.4. The first-order chi connectivity index (χ1) is 29.2. The first-order valence-corrected chi connectivity index (χ1v) is 22.6. The summed E-state index contributed by atoms with van der Waals surface area (Å²) in [5.41, 5.74) is 0.718. The van der Waals surface area contributed by atoms with Crippen molar-refractivity contribution in [2.75, 3.05) is 34.3 Å². The third kappa shape index (κ3) is 14.6. The number of aliphatic hydroxyl groups is 1. The molecule has 6 N–H and O–H groups in total.